The second-order valence-corrected chi connectivity index (χ2v) is 3.51. The lowest BCUT2D eigenvalue weighted by Crippen LogP contribution is -2.08. The van der Waals surface area contributed by atoms with Crippen LogP contribution in [0, 0.1) is 0 Å². The fourth-order valence-electron chi connectivity index (χ4n) is 1.02. The number of nitrogens with two attached hydrogens (primary N) is 1. The van der Waals surface area contributed by atoms with Gasteiger partial charge in [0.05, 0.1) is 4.90 Å². The molecule has 0 bridgehead atoms. The van der Waals surface area contributed by atoms with Crippen molar-refractivity contribution in [3.05, 3.63) is 29.8 Å². The third kappa shape index (κ3) is 1.91. The van der Waals surface area contributed by atoms with Crippen LogP contribution in [0.15, 0.2) is 29.2 Å². The highest BCUT2D eigenvalue weighted by molar-refractivity contribution is 7.79. The smallest absolute Gasteiger partial charge is 0.186 e. The predicted octanol–water partition coefficient (Wildman–Crippen LogP) is 1.29. The number of benzene rings is 1. The fraction of sp³-hybridized carbons (Fsp3) is 0.250. The quantitative estimate of drug-likeness (QED) is 0.682. The Morgan fingerprint density at radius 3 is 2.50 bits per heavy atom. The highest BCUT2D eigenvalue weighted by Crippen LogP contribution is 2.17. The molecule has 0 aromatic heterocycles. The molecule has 0 aliphatic carbocycles. The van der Waals surface area contributed by atoms with Gasteiger partial charge in [0, 0.05) is 6.04 Å². The van der Waals surface area contributed by atoms with Crippen LogP contribution in [0.2, 0.25) is 0 Å². The second kappa shape index (κ2) is 3.80. The minimum atomic E-state index is -1.94. The van der Waals surface area contributed by atoms with E-state index in [1.165, 1.54) is 0 Å². The maximum atomic E-state index is 10.8. The normalized spacial score (nSPS) is 15.6. The van der Waals surface area contributed by atoms with Gasteiger partial charge in [-0.2, -0.15) is 0 Å². The molecule has 2 unspecified atom stereocenters. The lowest BCUT2D eigenvalue weighted by molar-refractivity contribution is 0.562. The van der Waals surface area contributed by atoms with Crippen molar-refractivity contribution in [2.75, 3.05) is 0 Å². The number of hydrogen-bond donors (Lipinski definition) is 2. The van der Waals surface area contributed by atoms with Gasteiger partial charge in [-0.1, -0.05) is 18.2 Å². The van der Waals surface area contributed by atoms with Crippen LogP contribution >= 0.6 is 0 Å². The van der Waals surface area contributed by atoms with E-state index in [1.54, 1.807) is 31.2 Å². The van der Waals surface area contributed by atoms with E-state index in [-0.39, 0.29) is 6.04 Å². The molecular formula is C8H11NO2S. The van der Waals surface area contributed by atoms with Gasteiger partial charge in [0.1, 0.15) is 0 Å². The topological polar surface area (TPSA) is 63.3 Å². The Bertz CT molecular complexity index is 299. The molecule has 0 aliphatic rings. The predicted molar refractivity (Wildman–Crippen MR) is 48.1 cm³/mol. The van der Waals surface area contributed by atoms with E-state index in [2.05, 4.69) is 0 Å². The summed E-state index contributed by atoms with van der Waals surface area (Å²) in [5, 5.41) is 0. The summed E-state index contributed by atoms with van der Waals surface area (Å²) in [6.07, 6.45) is 0. The molecule has 0 heterocycles. The molecule has 1 rings (SSSR count). The summed E-state index contributed by atoms with van der Waals surface area (Å²) in [5.74, 6) is 0. The molecule has 0 fully saturated rings. The third-order valence-electron chi connectivity index (χ3n) is 1.60. The van der Waals surface area contributed by atoms with Gasteiger partial charge in [0.15, 0.2) is 11.1 Å². The first-order valence-electron chi connectivity index (χ1n) is 3.58. The number of rotatable bonds is 2. The van der Waals surface area contributed by atoms with E-state index in [4.69, 9.17) is 10.3 Å². The van der Waals surface area contributed by atoms with E-state index in [0.717, 1.165) is 5.56 Å². The zero-order valence-electron chi connectivity index (χ0n) is 6.73. The van der Waals surface area contributed by atoms with Crippen LogP contribution in [0.5, 0.6) is 0 Å². The first kappa shape index (κ1) is 9.38. The van der Waals surface area contributed by atoms with Gasteiger partial charge < -0.3 is 10.3 Å². The van der Waals surface area contributed by atoms with Crippen LogP contribution in [0.3, 0.4) is 0 Å². The van der Waals surface area contributed by atoms with Crippen LogP contribution in [-0.2, 0) is 11.1 Å². The average molecular weight is 185 g/mol. The molecule has 12 heavy (non-hydrogen) atoms. The molecule has 4 heteroatoms. The van der Waals surface area contributed by atoms with Crippen molar-refractivity contribution in [2.45, 2.75) is 17.9 Å². The minimum absolute atomic E-state index is 0.211. The van der Waals surface area contributed by atoms with Gasteiger partial charge >= 0.3 is 0 Å². The largest absolute Gasteiger partial charge is 0.324 e. The summed E-state index contributed by atoms with van der Waals surface area (Å²) in [7, 11) is 0. The zero-order valence-corrected chi connectivity index (χ0v) is 7.54. The van der Waals surface area contributed by atoms with Crippen LogP contribution in [-0.4, -0.2) is 8.76 Å². The molecule has 2 atom stereocenters. The molecule has 1 aromatic rings. The Labute approximate surface area is 73.9 Å². The van der Waals surface area contributed by atoms with Crippen molar-refractivity contribution in [1.82, 2.24) is 0 Å². The molecule has 0 saturated carbocycles. The molecule has 3 nitrogen and oxygen atoms in total. The van der Waals surface area contributed by atoms with Crippen LogP contribution in [0.25, 0.3) is 0 Å². The van der Waals surface area contributed by atoms with E-state index in [9.17, 15) is 4.21 Å². The fourth-order valence-corrected chi connectivity index (χ4v) is 1.67. The lowest BCUT2D eigenvalue weighted by Gasteiger charge is -2.08. The molecule has 1 aromatic carbocycles. The molecular weight excluding hydrogens is 174 g/mol. The first-order chi connectivity index (χ1) is 5.63. The Kier molecular flexibility index (Phi) is 2.97. The van der Waals surface area contributed by atoms with Gasteiger partial charge in [0.2, 0.25) is 0 Å². The maximum Gasteiger partial charge on any atom is 0.186 e. The molecule has 0 aliphatic heterocycles. The maximum absolute atomic E-state index is 10.8. The highest BCUT2D eigenvalue weighted by Gasteiger charge is 2.09. The summed E-state index contributed by atoms with van der Waals surface area (Å²) < 4.78 is 19.7. The standard InChI is InChI=1S/C8H11NO2S/c1-6(9)7-4-2-3-5-8(7)12(10)11/h2-6H,9H2,1H3,(H,10,11). The van der Waals surface area contributed by atoms with Crippen molar-refractivity contribution in [3.8, 4) is 0 Å². The van der Waals surface area contributed by atoms with Crippen molar-refractivity contribution in [2.24, 2.45) is 5.73 Å². The third-order valence-corrected chi connectivity index (χ3v) is 2.35. The summed E-state index contributed by atoms with van der Waals surface area (Å²) >= 11 is -1.94. The van der Waals surface area contributed by atoms with Crippen molar-refractivity contribution < 1.29 is 8.76 Å². The van der Waals surface area contributed by atoms with Gasteiger partial charge in [-0.15, -0.1) is 0 Å². The molecule has 66 valence electrons. The van der Waals surface area contributed by atoms with E-state index >= 15 is 0 Å². The van der Waals surface area contributed by atoms with Crippen molar-refractivity contribution >= 4 is 11.1 Å². The molecule has 0 saturated heterocycles. The summed E-state index contributed by atoms with van der Waals surface area (Å²) in [6.45, 7) is 1.78. The first-order valence-corrected chi connectivity index (χ1v) is 4.69. The SMILES string of the molecule is CC(N)c1ccccc1S(=O)O. The monoisotopic (exact) mass is 185 g/mol. The van der Waals surface area contributed by atoms with Crippen LogP contribution < -0.4 is 5.73 Å². The molecule has 3 N–H and O–H groups in total. The second-order valence-electron chi connectivity index (χ2n) is 2.58. The Balaban J connectivity index is 3.17. The summed E-state index contributed by atoms with van der Waals surface area (Å²) in [5.41, 5.74) is 6.33. The number of hydrogen-bond acceptors (Lipinski definition) is 2. The molecule has 0 spiro atoms. The zero-order chi connectivity index (χ0) is 9.14. The Morgan fingerprint density at radius 2 is 2.08 bits per heavy atom. The van der Waals surface area contributed by atoms with Gasteiger partial charge in [-0.3, -0.25) is 0 Å². The Morgan fingerprint density at radius 1 is 1.50 bits per heavy atom. The highest BCUT2D eigenvalue weighted by atomic mass is 32.2. The summed E-state index contributed by atoms with van der Waals surface area (Å²) in [4.78, 5) is 0.396. The lowest BCUT2D eigenvalue weighted by atomic mass is 10.1. The molecule has 0 radical (unpaired) electrons. The molecule has 0 amide bonds. The van der Waals surface area contributed by atoms with Gasteiger partial charge in [-0.25, -0.2) is 4.21 Å². The van der Waals surface area contributed by atoms with E-state index < -0.39 is 11.1 Å². The average Bonchev–Trinajstić information content (AvgIpc) is 2.04. The van der Waals surface area contributed by atoms with E-state index in [1.807, 2.05) is 0 Å². The summed E-state index contributed by atoms with van der Waals surface area (Å²) in [6, 6.07) is 6.67. The van der Waals surface area contributed by atoms with E-state index in [0.29, 0.717) is 4.90 Å². The van der Waals surface area contributed by atoms with Crippen molar-refractivity contribution in [3.63, 3.8) is 0 Å². The minimum Gasteiger partial charge on any atom is -0.324 e. The van der Waals surface area contributed by atoms with Crippen LogP contribution in [0.4, 0.5) is 0 Å². The van der Waals surface area contributed by atoms with Crippen LogP contribution in [0.1, 0.15) is 18.5 Å². The van der Waals surface area contributed by atoms with Crippen molar-refractivity contribution in [1.29, 1.82) is 0 Å². The van der Waals surface area contributed by atoms with Gasteiger partial charge in [-0.05, 0) is 18.6 Å². The Hall–Kier alpha value is -0.710. The van der Waals surface area contributed by atoms with Gasteiger partial charge in [0.25, 0.3) is 0 Å².